The van der Waals surface area contributed by atoms with Crippen LogP contribution in [0.5, 0.6) is 0 Å². The first-order valence-corrected chi connectivity index (χ1v) is 10.1. The Balaban J connectivity index is 1.62. The number of hydrogen-bond donors (Lipinski definition) is 2. The van der Waals surface area contributed by atoms with Crippen molar-refractivity contribution < 1.29 is 22.7 Å². The summed E-state index contributed by atoms with van der Waals surface area (Å²) in [6.07, 6.45) is -2.69. The summed E-state index contributed by atoms with van der Waals surface area (Å²) in [5.41, 5.74) is 2.00. The predicted octanol–water partition coefficient (Wildman–Crippen LogP) is 5.31. The van der Waals surface area contributed by atoms with Gasteiger partial charge in [0.05, 0.1) is 17.0 Å². The number of aromatic nitrogens is 2. The van der Waals surface area contributed by atoms with E-state index in [-0.39, 0.29) is 5.91 Å². The smallest absolute Gasteiger partial charge is 0.381 e. The number of amides is 1. The Labute approximate surface area is 178 Å². The SMILES string of the molecule is CCCOCCCNC(=O)c1ccc(-c2cc(-c3cccc(C(F)(F)F)c3)n[nH]2)cc1. The fraction of sp³-hybridized carbons (Fsp3) is 0.304. The third kappa shape index (κ3) is 6.18. The topological polar surface area (TPSA) is 67.0 Å². The third-order valence-electron chi connectivity index (χ3n) is 4.62. The van der Waals surface area contributed by atoms with E-state index in [0.29, 0.717) is 35.7 Å². The molecule has 0 atom stereocenters. The lowest BCUT2D eigenvalue weighted by molar-refractivity contribution is -0.137. The van der Waals surface area contributed by atoms with E-state index < -0.39 is 11.7 Å². The van der Waals surface area contributed by atoms with Crippen LogP contribution >= 0.6 is 0 Å². The molecule has 1 heterocycles. The summed E-state index contributed by atoms with van der Waals surface area (Å²) < 4.78 is 44.2. The van der Waals surface area contributed by atoms with Crippen molar-refractivity contribution in [3.05, 3.63) is 65.7 Å². The molecule has 0 fully saturated rings. The summed E-state index contributed by atoms with van der Waals surface area (Å²) in [6, 6.07) is 13.6. The molecule has 5 nitrogen and oxygen atoms in total. The second-order valence-electron chi connectivity index (χ2n) is 7.04. The van der Waals surface area contributed by atoms with E-state index in [1.165, 1.54) is 6.07 Å². The lowest BCUT2D eigenvalue weighted by Crippen LogP contribution is -2.25. The minimum Gasteiger partial charge on any atom is -0.381 e. The van der Waals surface area contributed by atoms with Crippen LogP contribution in [0.15, 0.2) is 54.6 Å². The molecule has 0 aliphatic heterocycles. The van der Waals surface area contributed by atoms with Crippen LogP contribution in [0, 0.1) is 0 Å². The summed E-state index contributed by atoms with van der Waals surface area (Å²) in [5, 5.41) is 9.82. The van der Waals surface area contributed by atoms with Gasteiger partial charge in [-0.25, -0.2) is 0 Å². The maximum atomic E-state index is 12.9. The van der Waals surface area contributed by atoms with Gasteiger partial charge >= 0.3 is 6.18 Å². The van der Waals surface area contributed by atoms with Gasteiger partial charge in [-0.3, -0.25) is 9.89 Å². The van der Waals surface area contributed by atoms with E-state index in [1.54, 1.807) is 36.4 Å². The van der Waals surface area contributed by atoms with E-state index in [2.05, 4.69) is 15.5 Å². The predicted molar refractivity (Wildman–Crippen MR) is 113 cm³/mol. The Morgan fingerprint density at radius 3 is 2.55 bits per heavy atom. The van der Waals surface area contributed by atoms with Crippen LogP contribution in [-0.2, 0) is 10.9 Å². The zero-order chi connectivity index (χ0) is 22.3. The number of carbonyl (C=O) groups is 1. The van der Waals surface area contributed by atoms with Gasteiger partial charge in [-0.05, 0) is 48.7 Å². The molecule has 164 valence electrons. The molecule has 0 aliphatic carbocycles. The molecule has 0 saturated heterocycles. The monoisotopic (exact) mass is 431 g/mol. The molecular formula is C23H24F3N3O2. The van der Waals surface area contributed by atoms with Gasteiger partial charge in [0, 0.05) is 30.9 Å². The summed E-state index contributed by atoms with van der Waals surface area (Å²) in [5.74, 6) is -0.170. The van der Waals surface area contributed by atoms with Gasteiger partial charge in [0.15, 0.2) is 0 Å². The number of hydrogen-bond acceptors (Lipinski definition) is 3. The third-order valence-corrected chi connectivity index (χ3v) is 4.62. The van der Waals surface area contributed by atoms with Gasteiger partial charge in [-0.2, -0.15) is 18.3 Å². The van der Waals surface area contributed by atoms with Crippen molar-refractivity contribution in [1.29, 1.82) is 0 Å². The number of alkyl halides is 3. The highest BCUT2D eigenvalue weighted by Crippen LogP contribution is 2.32. The summed E-state index contributed by atoms with van der Waals surface area (Å²) in [7, 11) is 0. The van der Waals surface area contributed by atoms with Gasteiger partial charge < -0.3 is 10.1 Å². The van der Waals surface area contributed by atoms with Crippen LogP contribution in [-0.4, -0.2) is 35.9 Å². The van der Waals surface area contributed by atoms with Crippen molar-refractivity contribution in [3.63, 3.8) is 0 Å². The van der Waals surface area contributed by atoms with Gasteiger partial charge in [0.2, 0.25) is 0 Å². The normalized spacial score (nSPS) is 11.5. The van der Waals surface area contributed by atoms with Crippen LogP contribution in [0.2, 0.25) is 0 Å². The van der Waals surface area contributed by atoms with Gasteiger partial charge in [0.25, 0.3) is 5.91 Å². The molecule has 3 aromatic rings. The average molecular weight is 431 g/mol. The average Bonchev–Trinajstić information content (AvgIpc) is 3.26. The number of aromatic amines is 1. The molecule has 2 N–H and O–H groups in total. The Kier molecular flexibility index (Phi) is 7.46. The first-order chi connectivity index (χ1) is 14.9. The maximum absolute atomic E-state index is 12.9. The highest BCUT2D eigenvalue weighted by molar-refractivity contribution is 5.94. The molecule has 1 amide bonds. The maximum Gasteiger partial charge on any atom is 0.416 e. The van der Waals surface area contributed by atoms with E-state index in [1.807, 2.05) is 6.92 Å². The van der Waals surface area contributed by atoms with Gasteiger partial charge in [-0.15, -0.1) is 0 Å². The highest BCUT2D eigenvalue weighted by Gasteiger charge is 2.30. The highest BCUT2D eigenvalue weighted by atomic mass is 19.4. The molecule has 0 radical (unpaired) electrons. The molecule has 8 heteroatoms. The molecule has 0 aliphatic rings. The second-order valence-corrected chi connectivity index (χ2v) is 7.04. The van der Waals surface area contributed by atoms with Crippen LogP contribution < -0.4 is 5.32 Å². The van der Waals surface area contributed by atoms with Crippen LogP contribution in [0.4, 0.5) is 13.2 Å². The number of halogens is 3. The molecule has 2 aromatic carbocycles. The minimum atomic E-state index is -4.41. The standard InChI is InChI=1S/C23H24F3N3O2/c1-2-12-31-13-4-11-27-22(30)17-9-7-16(8-10-17)20-15-21(29-28-20)18-5-3-6-19(14-18)23(24,25)26/h3,5-10,14-15H,2,4,11-13H2,1H3,(H,27,30)(H,28,29). The van der Waals surface area contributed by atoms with Crippen molar-refractivity contribution in [2.24, 2.45) is 0 Å². The number of H-pyrrole nitrogens is 1. The fourth-order valence-corrected chi connectivity index (χ4v) is 3.00. The van der Waals surface area contributed by atoms with E-state index in [9.17, 15) is 18.0 Å². The van der Waals surface area contributed by atoms with Crippen molar-refractivity contribution in [1.82, 2.24) is 15.5 Å². The number of rotatable bonds is 9. The number of nitrogens with one attached hydrogen (secondary N) is 2. The lowest BCUT2D eigenvalue weighted by atomic mass is 10.1. The van der Waals surface area contributed by atoms with E-state index in [0.717, 1.165) is 37.1 Å². The van der Waals surface area contributed by atoms with Crippen molar-refractivity contribution in [2.45, 2.75) is 25.9 Å². The van der Waals surface area contributed by atoms with E-state index >= 15 is 0 Å². The number of benzene rings is 2. The Bertz CT molecular complexity index is 998. The molecule has 31 heavy (non-hydrogen) atoms. The van der Waals surface area contributed by atoms with Gasteiger partial charge in [0.1, 0.15) is 0 Å². The van der Waals surface area contributed by atoms with Crippen molar-refractivity contribution in [3.8, 4) is 22.5 Å². The first kappa shape index (κ1) is 22.6. The quantitative estimate of drug-likeness (QED) is 0.451. The zero-order valence-electron chi connectivity index (χ0n) is 17.1. The summed E-state index contributed by atoms with van der Waals surface area (Å²) in [4.78, 5) is 12.2. The number of ether oxygens (including phenoxy) is 1. The molecule has 1 aromatic heterocycles. The Morgan fingerprint density at radius 1 is 1.06 bits per heavy atom. The molecule has 0 bridgehead atoms. The molecule has 0 saturated carbocycles. The number of carbonyl (C=O) groups excluding carboxylic acids is 1. The van der Waals surface area contributed by atoms with Crippen LogP contribution in [0.25, 0.3) is 22.5 Å². The largest absolute Gasteiger partial charge is 0.416 e. The summed E-state index contributed by atoms with van der Waals surface area (Å²) >= 11 is 0. The van der Waals surface area contributed by atoms with Crippen molar-refractivity contribution >= 4 is 5.91 Å². The number of nitrogens with zero attached hydrogens (tertiary/aromatic N) is 1. The summed E-state index contributed by atoms with van der Waals surface area (Å²) in [6.45, 7) is 3.91. The van der Waals surface area contributed by atoms with Crippen molar-refractivity contribution in [2.75, 3.05) is 19.8 Å². The minimum absolute atomic E-state index is 0.170. The Morgan fingerprint density at radius 2 is 1.84 bits per heavy atom. The first-order valence-electron chi connectivity index (χ1n) is 10.1. The molecule has 3 rings (SSSR count). The van der Waals surface area contributed by atoms with E-state index in [4.69, 9.17) is 4.74 Å². The fourth-order valence-electron chi connectivity index (χ4n) is 3.00. The van der Waals surface area contributed by atoms with Crippen LogP contribution in [0.1, 0.15) is 35.7 Å². The lowest BCUT2D eigenvalue weighted by Gasteiger charge is -2.07. The molecule has 0 unspecified atom stereocenters. The zero-order valence-corrected chi connectivity index (χ0v) is 17.1. The second kappa shape index (κ2) is 10.3. The Hall–Kier alpha value is -3.13. The molecule has 0 spiro atoms. The molecular weight excluding hydrogens is 407 g/mol. The van der Waals surface area contributed by atoms with Gasteiger partial charge in [-0.1, -0.05) is 31.2 Å². The van der Waals surface area contributed by atoms with Crippen LogP contribution in [0.3, 0.4) is 0 Å².